The van der Waals surface area contributed by atoms with Gasteiger partial charge in [-0.2, -0.15) is 5.26 Å². The maximum atomic E-state index is 11.9. The molecule has 0 saturated heterocycles. The van der Waals surface area contributed by atoms with Gasteiger partial charge >= 0.3 is 0 Å². The second kappa shape index (κ2) is 5.80. The predicted octanol–water partition coefficient (Wildman–Crippen LogP) is 1.31. The van der Waals surface area contributed by atoms with Crippen molar-refractivity contribution in [3.05, 3.63) is 17.0 Å². The van der Waals surface area contributed by atoms with E-state index in [9.17, 15) is 8.42 Å². The number of rotatable bonds is 6. The quantitative estimate of drug-likeness (QED) is 0.825. The summed E-state index contributed by atoms with van der Waals surface area (Å²) < 4.78 is 26.5. The molecule has 0 saturated carbocycles. The molecule has 100 valence electrons. The van der Waals surface area contributed by atoms with Crippen LogP contribution in [0.25, 0.3) is 0 Å². The molecule has 2 N–H and O–H groups in total. The summed E-state index contributed by atoms with van der Waals surface area (Å²) in [6, 6.07) is 4.81. The first kappa shape index (κ1) is 15.1. The Morgan fingerprint density at radius 2 is 2.17 bits per heavy atom. The zero-order valence-electron chi connectivity index (χ0n) is 10.3. The molecule has 0 atom stereocenters. The van der Waals surface area contributed by atoms with E-state index in [2.05, 4.69) is 4.72 Å². The van der Waals surface area contributed by atoms with E-state index in [4.69, 9.17) is 10.4 Å². The Balaban J connectivity index is 2.75. The van der Waals surface area contributed by atoms with Crippen LogP contribution in [0.15, 0.2) is 16.3 Å². The Morgan fingerprint density at radius 1 is 1.50 bits per heavy atom. The molecule has 0 amide bonds. The summed E-state index contributed by atoms with van der Waals surface area (Å²) in [4.78, 5) is 0.366. The Morgan fingerprint density at radius 3 is 2.67 bits per heavy atom. The Labute approximate surface area is 111 Å². The minimum atomic E-state index is -3.57. The first-order chi connectivity index (χ1) is 8.30. The molecule has 0 aliphatic rings. The average molecular weight is 288 g/mol. The van der Waals surface area contributed by atoms with E-state index in [1.54, 1.807) is 0 Å². The molecule has 0 fully saturated rings. The fourth-order valence-corrected chi connectivity index (χ4v) is 3.67. The van der Waals surface area contributed by atoms with Crippen LogP contribution in [0, 0.1) is 16.7 Å². The smallest absolute Gasteiger partial charge is 0.250 e. The van der Waals surface area contributed by atoms with Gasteiger partial charge in [-0.05, 0) is 24.0 Å². The molecule has 0 spiro atoms. The number of sulfonamides is 1. The van der Waals surface area contributed by atoms with Crippen molar-refractivity contribution in [2.75, 3.05) is 13.2 Å². The van der Waals surface area contributed by atoms with Gasteiger partial charge in [0.2, 0.25) is 10.0 Å². The van der Waals surface area contributed by atoms with Crippen LogP contribution < -0.4 is 4.72 Å². The monoisotopic (exact) mass is 288 g/mol. The third-order valence-corrected chi connectivity index (χ3v) is 5.37. The fourth-order valence-electron chi connectivity index (χ4n) is 1.28. The fraction of sp³-hybridized carbons (Fsp3) is 0.545. The van der Waals surface area contributed by atoms with Crippen LogP contribution in [-0.2, 0) is 10.0 Å². The van der Waals surface area contributed by atoms with Gasteiger partial charge in [0, 0.05) is 13.2 Å². The SMILES string of the molecule is CC(C)(CCO)CNS(=O)(=O)c1ccc(C#N)s1. The number of hydrogen-bond acceptors (Lipinski definition) is 5. The molecule has 0 bridgehead atoms. The molecule has 1 aromatic heterocycles. The van der Waals surface area contributed by atoms with E-state index in [0.29, 0.717) is 11.3 Å². The zero-order chi connectivity index (χ0) is 13.8. The minimum Gasteiger partial charge on any atom is -0.396 e. The molecule has 7 heteroatoms. The van der Waals surface area contributed by atoms with Gasteiger partial charge in [-0.1, -0.05) is 13.8 Å². The van der Waals surface area contributed by atoms with Gasteiger partial charge in [0.25, 0.3) is 0 Å². The summed E-state index contributed by atoms with van der Waals surface area (Å²) in [5.41, 5.74) is -0.308. The summed E-state index contributed by atoms with van der Waals surface area (Å²) in [5, 5.41) is 17.5. The van der Waals surface area contributed by atoms with Crippen LogP contribution in [-0.4, -0.2) is 26.7 Å². The number of aliphatic hydroxyl groups excluding tert-OH is 1. The van der Waals surface area contributed by atoms with Crippen molar-refractivity contribution in [1.29, 1.82) is 5.26 Å². The van der Waals surface area contributed by atoms with Crippen LogP contribution in [0.3, 0.4) is 0 Å². The van der Waals surface area contributed by atoms with E-state index >= 15 is 0 Å². The van der Waals surface area contributed by atoms with Gasteiger partial charge in [0.15, 0.2) is 0 Å². The normalized spacial score (nSPS) is 12.3. The van der Waals surface area contributed by atoms with Crippen molar-refractivity contribution in [3.8, 4) is 6.07 Å². The summed E-state index contributed by atoms with van der Waals surface area (Å²) >= 11 is 0.943. The van der Waals surface area contributed by atoms with Crippen molar-refractivity contribution in [2.24, 2.45) is 5.41 Å². The lowest BCUT2D eigenvalue weighted by molar-refractivity contribution is 0.213. The summed E-state index contributed by atoms with van der Waals surface area (Å²) in [7, 11) is -3.57. The lowest BCUT2D eigenvalue weighted by Gasteiger charge is -2.23. The van der Waals surface area contributed by atoms with Crippen molar-refractivity contribution >= 4 is 21.4 Å². The van der Waals surface area contributed by atoms with Gasteiger partial charge in [-0.3, -0.25) is 0 Å². The molecule has 0 aromatic carbocycles. The van der Waals surface area contributed by atoms with Crippen LogP contribution in [0.1, 0.15) is 25.1 Å². The zero-order valence-corrected chi connectivity index (χ0v) is 11.9. The van der Waals surface area contributed by atoms with Crippen LogP contribution in [0.2, 0.25) is 0 Å². The highest BCUT2D eigenvalue weighted by molar-refractivity contribution is 7.91. The lowest BCUT2D eigenvalue weighted by Crippen LogP contribution is -2.34. The van der Waals surface area contributed by atoms with Crippen LogP contribution >= 0.6 is 11.3 Å². The largest absolute Gasteiger partial charge is 0.396 e. The highest BCUT2D eigenvalue weighted by Crippen LogP contribution is 2.23. The van der Waals surface area contributed by atoms with Gasteiger partial charge in [-0.15, -0.1) is 11.3 Å². The molecule has 0 aliphatic heterocycles. The van der Waals surface area contributed by atoms with Gasteiger partial charge in [0.1, 0.15) is 15.2 Å². The Bertz CT molecular complexity index is 541. The second-order valence-corrected chi connectivity index (χ2v) is 7.77. The standard InChI is InChI=1S/C11H16N2O3S2/c1-11(2,5-6-14)8-13-18(15,16)10-4-3-9(7-12)17-10/h3-4,13-14H,5-6,8H2,1-2H3. The average Bonchev–Trinajstić information content (AvgIpc) is 2.76. The molecule has 1 aromatic rings. The molecule has 5 nitrogen and oxygen atoms in total. The Kier molecular flexibility index (Phi) is 4.87. The number of nitrogens with one attached hydrogen (secondary N) is 1. The molecule has 18 heavy (non-hydrogen) atoms. The number of nitrogens with zero attached hydrogens (tertiary/aromatic N) is 1. The first-order valence-corrected chi connectivity index (χ1v) is 7.71. The van der Waals surface area contributed by atoms with E-state index in [1.807, 2.05) is 19.9 Å². The molecule has 1 rings (SSSR count). The van der Waals surface area contributed by atoms with Crippen LogP contribution in [0.4, 0.5) is 0 Å². The van der Waals surface area contributed by atoms with E-state index < -0.39 is 10.0 Å². The molecular formula is C11H16N2O3S2. The van der Waals surface area contributed by atoms with Crippen molar-refractivity contribution in [3.63, 3.8) is 0 Å². The molecule has 0 aliphatic carbocycles. The third-order valence-electron chi connectivity index (χ3n) is 2.49. The van der Waals surface area contributed by atoms with Crippen molar-refractivity contribution < 1.29 is 13.5 Å². The maximum absolute atomic E-state index is 11.9. The second-order valence-electron chi connectivity index (χ2n) is 4.69. The summed E-state index contributed by atoms with van der Waals surface area (Å²) in [6.45, 7) is 4.02. The van der Waals surface area contributed by atoms with E-state index in [0.717, 1.165) is 11.3 Å². The summed E-state index contributed by atoms with van der Waals surface area (Å²) in [5.74, 6) is 0. The summed E-state index contributed by atoms with van der Waals surface area (Å²) in [6.07, 6.45) is 0.517. The van der Waals surface area contributed by atoms with Crippen molar-refractivity contribution in [2.45, 2.75) is 24.5 Å². The highest BCUT2D eigenvalue weighted by Gasteiger charge is 2.23. The third kappa shape index (κ3) is 4.07. The van der Waals surface area contributed by atoms with Gasteiger partial charge in [0.05, 0.1) is 0 Å². The topological polar surface area (TPSA) is 90.2 Å². The molecule has 0 radical (unpaired) electrons. The van der Waals surface area contributed by atoms with Gasteiger partial charge < -0.3 is 5.11 Å². The van der Waals surface area contributed by atoms with Gasteiger partial charge in [-0.25, -0.2) is 13.1 Å². The maximum Gasteiger partial charge on any atom is 0.250 e. The van der Waals surface area contributed by atoms with E-state index in [1.165, 1.54) is 12.1 Å². The van der Waals surface area contributed by atoms with Crippen molar-refractivity contribution in [1.82, 2.24) is 4.72 Å². The minimum absolute atomic E-state index is 0.0201. The lowest BCUT2D eigenvalue weighted by atomic mass is 9.90. The highest BCUT2D eigenvalue weighted by atomic mass is 32.2. The predicted molar refractivity (Wildman–Crippen MR) is 69.7 cm³/mol. The molecule has 0 unspecified atom stereocenters. The van der Waals surface area contributed by atoms with E-state index in [-0.39, 0.29) is 22.8 Å². The number of thiophene rings is 1. The first-order valence-electron chi connectivity index (χ1n) is 5.41. The number of aliphatic hydroxyl groups is 1. The van der Waals surface area contributed by atoms with Crippen LogP contribution in [0.5, 0.6) is 0 Å². The molecule has 1 heterocycles. The Hall–Kier alpha value is -0.940. The number of nitriles is 1. The molecular weight excluding hydrogens is 272 g/mol. The number of hydrogen-bond donors (Lipinski definition) is 2.